The summed E-state index contributed by atoms with van der Waals surface area (Å²) in [6, 6.07) is 9.26. The molecule has 94 valence electrons. The van der Waals surface area contributed by atoms with Crippen molar-refractivity contribution < 1.29 is 14.4 Å². The molecule has 0 aliphatic heterocycles. The fourth-order valence-electron chi connectivity index (χ4n) is 1.84. The van der Waals surface area contributed by atoms with Gasteiger partial charge in [-0.2, -0.15) is 10.6 Å². The van der Waals surface area contributed by atoms with Crippen LogP contribution >= 0.6 is 0 Å². The zero-order chi connectivity index (χ0) is 13.3. The molecule has 0 aliphatic carbocycles. The first kappa shape index (κ1) is 12.4. The van der Waals surface area contributed by atoms with Crippen molar-refractivity contribution in [1.29, 1.82) is 4.78 Å². The van der Waals surface area contributed by atoms with E-state index in [1.165, 1.54) is 18.2 Å². The molecule has 0 heterocycles. The van der Waals surface area contributed by atoms with Crippen LogP contribution in [0.2, 0.25) is 0 Å². The van der Waals surface area contributed by atoms with Crippen molar-refractivity contribution in [3.05, 3.63) is 42.0 Å². The van der Waals surface area contributed by atoms with Gasteiger partial charge in [0.1, 0.15) is 11.5 Å². The predicted molar refractivity (Wildman–Crippen MR) is 69.0 cm³/mol. The third-order valence-corrected chi connectivity index (χ3v) is 3.40. The molecule has 0 fully saturated rings. The van der Waals surface area contributed by atoms with Crippen LogP contribution < -0.4 is 0 Å². The van der Waals surface area contributed by atoms with Gasteiger partial charge in [0.05, 0.1) is 0 Å². The van der Waals surface area contributed by atoms with E-state index in [-0.39, 0.29) is 16.4 Å². The zero-order valence-electron chi connectivity index (χ0n) is 9.68. The Morgan fingerprint density at radius 1 is 1.00 bits per heavy atom. The SMILES string of the molecule is Cc1cc(O)ccc1-c1ccc(O)cc1[S-](=N)=O. The van der Waals surface area contributed by atoms with Crippen molar-refractivity contribution in [2.24, 2.45) is 0 Å². The maximum atomic E-state index is 11.4. The molecule has 0 bridgehead atoms. The van der Waals surface area contributed by atoms with Crippen LogP contribution in [0, 0.1) is 11.7 Å². The first-order valence-electron chi connectivity index (χ1n) is 5.25. The number of aromatic hydroxyl groups is 2. The predicted octanol–water partition coefficient (Wildman–Crippen LogP) is 3.16. The summed E-state index contributed by atoms with van der Waals surface area (Å²) in [5.41, 5.74) is 2.22. The highest BCUT2D eigenvalue weighted by Gasteiger charge is 2.06. The number of rotatable bonds is 2. The van der Waals surface area contributed by atoms with E-state index >= 15 is 0 Å². The summed E-state index contributed by atoms with van der Waals surface area (Å²) in [5.74, 6) is 0.134. The minimum Gasteiger partial charge on any atom is -0.508 e. The summed E-state index contributed by atoms with van der Waals surface area (Å²) in [4.78, 5) is 0.254. The molecular weight excluding hydrogens is 250 g/mol. The third kappa shape index (κ3) is 2.31. The van der Waals surface area contributed by atoms with Crippen LogP contribution in [0.3, 0.4) is 0 Å². The lowest BCUT2D eigenvalue weighted by Crippen LogP contribution is -1.89. The zero-order valence-corrected chi connectivity index (χ0v) is 10.5. The average molecular weight is 262 g/mol. The fraction of sp³-hybridized carbons (Fsp3) is 0.0769. The molecule has 0 spiro atoms. The van der Waals surface area contributed by atoms with Crippen LogP contribution in [0.25, 0.3) is 11.1 Å². The van der Waals surface area contributed by atoms with Gasteiger partial charge in [0.25, 0.3) is 0 Å². The van der Waals surface area contributed by atoms with Crippen LogP contribution in [-0.2, 0) is 14.8 Å². The minimum absolute atomic E-state index is 0.0224. The van der Waals surface area contributed by atoms with Gasteiger partial charge in [0, 0.05) is 0 Å². The molecular formula is C13H12NO3S-. The van der Waals surface area contributed by atoms with Crippen LogP contribution in [0.15, 0.2) is 41.3 Å². The van der Waals surface area contributed by atoms with E-state index in [0.717, 1.165) is 11.1 Å². The highest BCUT2D eigenvalue weighted by Crippen LogP contribution is 2.32. The van der Waals surface area contributed by atoms with Crippen molar-refractivity contribution in [2.75, 3.05) is 0 Å². The lowest BCUT2D eigenvalue weighted by molar-refractivity contribution is 0.473. The molecule has 0 aromatic heterocycles. The monoisotopic (exact) mass is 262 g/mol. The molecule has 0 radical (unpaired) electrons. The molecule has 18 heavy (non-hydrogen) atoms. The smallest absolute Gasteiger partial charge is 0.115 e. The van der Waals surface area contributed by atoms with E-state index in [0.29, 0.717) is 5.56 Å². The van der Waals surface area contributed by atoms with Gasteiger partial charge in [-0.05, 0) is 47.9 Å². The van der Waals surface area contributed by atoms with Crippen LogP contribution in [0.4, 0.5) is 0 Å². The van der Waals surface area contributed by atoms with Gasteiger partial charge in [-0.3, -0.25) is 0 Å². The Morgan fingerprint density at radius 3 is 2.11 bits per heavy atom. The lowest BCUT2D eigenvalue weighted by atomic mass is 10.0. The Morgan fingerprint density at radius 2 is 1.56 bits per heavy atom. The number of hydrogen-bond acceptors (Lipinski definition) is 5. The number of phenolic OH excluding ortho intramolecular Hbond substituents is 2. The van der Waals surface area contributed by atoms with E-state index in [1.807, 2.05) is 6.92 Å². The first-order valence-corrected chi connectivity index (χ1v) is 6.40. The van der Waals surface area contributed by atoms with Gasteiger partial charge in [-0.25, -0.2) is 0 Å². The van der Waals surface area contributed by atoms with Crippen LogP contribution in [-0.4, -0.2) is 10.2 Å². The van der Waals surface area contributed by atoms with E-state index < -0.39 is 10.6 Å². The summed E-state index contributed by atoms with van der Waals surface area (Å²) in [6.07, 6.45) is 0. The van der Waals surface area contributed by atoms with Gasteiger partial charge in [-0.1, -0.05) is 17.0 Å². The second kappa shape index (κ2) is 4.70. The van der Waals surface area contributed by atoms with Gasteiger partial charge < -0.3 is 19.2 Å². The van der Waals surface area contributed by atoms with Crippen LogP contribution in [0.5, 0.6) is 11.5 Å². The highest BCUT2D eigenvalue weighted by molar-refractivity contribution is 7.73. The number of aryl methyl sites for hydroxylation is 1. The second-order valence-corrected chi connectivity index (χ2v) is 4.93. The van der Waals surface area contributed by atoms with Gasteiger partial charge >= 0.3 is 0 Å². The molecule has 0 atom stereocenters. The largest absolute Gasteiger partial charge is 0.508 e. The van der Waals surface area contributed by atoms with Crippen LogP contribution in [0.1, 0.15) is 5.56 Å². The van der Waals surface area contributed by atoms with Gasteiger partial charge in [0.15, 0.2) is 0 Å². The quantitative estimate of drug-likeness (QED) is 0.727. The molecule has 2 aromatic carbocycles. The Hall–Kier alpha value is -2.01. The molecule has 0 amide bonds. The fourth-order valence-corrected chi connectivity index (χ4v) is 2.44. The molecule has 0 unspecified atom stereocenters. The summed E-state index contributed by atoms with van der Waals surface area (Å²) >= 11 is 0. The van der Waals surface area contributed by atoms with Crippen molar-refractivity contribution in [2.45, 2.75) is 11.8 Å². The second-order valence-electron chi connectivity index (χ2n) is 3.95. The maximum Gasteiger partial charge on any atom is 0.115 e. The first-order chi connectivity index (χ1) is 8.49. The molecule has 0 saturated heterocycles. The van der Waals surface area contributed by atoms with Crippen molar-refractivity contribution in [3.63, 3.8) is 0 Å². The average Bonchev–Trinajstić information content (AvgIpc) is 2.29. The minimum atomic E-state index is -1.94. The summed E-state index contributed by atoms with van der Waals surface area (Å²) < 4.78 is 18.7. The lowest BCUT2D eigenvalue weighted by Gasteiger charge is -2.14. The standard InChI is InChI=1S/C13H12NO3S/c1-8-6-9(15)2-4-11(8)12-5-3-10(16)7-13(12)18(14)17/h2-7,14-16H,1H3/q-1. The maximum absolute atomic E-state index is 11.4. The van der Waals surface area contributed by atoms with E-state index in [2.05, 4.69) is 0 Å². The highest BCUT2D eigenvalue weighted by atomic mass is 32.2. The number of hydrogen-bond donors (Lipinski definition) is 3. The number of benzene rings is 2. The third-order valence-electron chi connectivity index (χ3n) is 2.67. The number of phenols is 2. The molecule has 3 N–H and O–H groups in total. The number of nitrogens with one attached hydrogen (secondary N) is 1. The van der Waals surface area contributed by atoms with E-state index in [4.69, 9.17) is 4.78 Å². The summed E-state index contributed by atoms with van der Waals surface area (Å²) in [5, 5.41) is 18.8. The molecule has 0 aliphatic rings. The molecule has 4 nitrogen and oxygen atoms in total. The van der Waals surface area contributed by atoms with Crippen molar-refractivity contribution in [3.8, 4) is 22.6 Å². The summed E-state index contributed by atoms with van der Waals surface area (Å²) in [7, 11) is -1.94. The van der Waals surface area contributed by atoms with Crippen molar-refractivity contribution in [1.82, 2.24) is 0 Å². The van der Waals surface area contributed by atoms with Gasteiger partial charge in [0.2, 0.25) is 0 Å². The molecule has 2 rings (SSSR count). The Balaban J connectivity index is 2.71. The van der Waals surface area contributed by atoms with E-state index in [9.17, 15) is 14.4 Å². The summed E-state index contributed by atoms with van der Waals surface area (Å²) in [6.45, 7) is 1.82. The normalized spacial score (nSPS) is 10.8. The molecule has 5 heteroatoms. The Labute approximate surface area is 107 Å². The topological polar surface area (TPSA) is 81.4 Å². The Kier molecular flexibility index (Phi) is 3.25. The molecule has 0 saturated carbocycles. The molecule has 2 aromatic rings. The van der Waals surface area contributed by atoms with E-state index in [1.54, 1.807) is 18.2 Å². The van der Waals surface area contributed by atoms with Gasteiger partial charge in [-0.15, -0.1) is 0 Å². The van der Waals surface area contributed by atoms with Crippen molar-refractivity contribution >= 4 is 10.6 Å². The Bertz CT molecular complexity index is 670.